The van der Waals surface area contributed by atoms with Gasteiger partial charge >= 0.3 is 11.6 Å². The first kappa shape index (κ1) is 22.7. The molecule has 0 aliphatic carbocycles. The Morgan fingerprint density at radius 1 is 1.03 bits per heavy atom. The molecule has 0 fully saturated rings. The number of ether oxygens (including phenoxy) is 1. The van der Waals surface area contributed by atoms with E-state index >= 15 is 0 Å². The number of rotatable bonds is 7. The summed E-state index contributed by atoms with van der Waals surface area (Å²) in [5.41, 5.74) is 3.94. The maximum absolute atomic E-state index is 12.3. The molecule has 164 valence electrons. The number of nitrogens with one attached hydrogen (secondary N) is 2. The van der Waals surface area contributed by atoms with E-state index in [1.165, 1.54) is 18.2 Å². The molecule has 0 spiro atoms. The molecule has 0 bridgehead atoms. The SMILES string of the molecule is Cc1cc(Oc2ncnc(NNC(=O)c3ccc(Cl)c([N+](=O)[O-])c3)c2[N+](=O)[O-])ccc1Cl. The van der Waals surface area contributed by atoms with Crippen LogP contribution in [0, 0.1) is 27.2 Å². The maximum Gasteiger partial charge on any atom is 0.374 e. The standard InChI is InChI=1S/C18H12Cl2N6O6/c1-9-6-11(3-5-12(9)19)32-18-15(26(30)31)16(21-8-22-18)23-24-17(27)10-2-4-13(20)14(7-10)25(28)29/h2-8H,1H3,(H,24,27)(H,21,22,23). The topological polar surface area (TPSA) is 162 Å². The molecule has 14 heteroatoms. The smallest absolute Gasteiger partial charge is 0.374 e. The number of amides is 1. The van der Waals surface area contributed by atoms with E-state index in [0.717, 1.165) is 12.4 Å². The van der Waals surface area contributed by atoms with Gasteiger partial charge in [0.05, 0.1) is 9.85 Å². The number of nitro groups is 2. The minimum absolute atomic E-state index is 0.113. The second kappa shape index (κ2) is 9.41. The molecule has 0 aliphatic rings. The second-order valence-electron chi connectivity index (χ2n) is 6.15. The van der Waals surface area contributed by atoms with Crippen molar-refractivity contribution in [2.75, 3.05) is 5.43 Å². The molecule has 12 nitrogen and oxygen atoms in total. The Hall–Kier alpha value is -4.03. The van der Waals surface area contributed by atoms with Crippen LogP contribution in [-0.2, 0) is 0 Å². The van der Waals surface area contributed by atoms with Crippen molar-refractivity contribution in [2.45, 2.75) is 6.92 Å². The number of hydrogen-bond acceptors (Lipinski definition) is 9. The predicted octanol–water partition coefficient (Wildman–Crippen LogP) is 4.46. The molecule has 0 atom stereocenters. The molecule has 2 N–H and O–H groups in total. The number of aryl methyl sites for hydroxylation is 1. The van der Waals surface area contributed by atoms with Gasteiger partial charge in [0.15, 0.2) is 0 Å². The van der Waals surface area contributed by atoms with E-state index in [1.807, 2.05) is 0 Å². The van der Waals surface area contributed by atoms with Crippen LogP contribution in [0.15, 0.2) is 42.7 Å². The van der Waals surface area contributed by atoms with Crippen molar-refractivity contribution in [3.63, 3.8) is 0 Å². The van der Waals surface area contributed by atoms with Gasteiger partial charge in [0, 0.05) is 16.7 Å². The molecule has 0 saturated carbocycles. The summed E-state index contributed by atoms with van der Waals surface area (Å²) < 4.78 is 5.50. The molecule has 1 heterocycles. The first-order valence-electron chi connectivity index (χ1n) is 8.61. The second-order valence-corrected chi connectivity index (χ2v) is 6.96. The lowest BCUT2D eigenvalue weighted by atomic mass is 10.2. The molecule has 0 saturated heterocycles. The van der Waals surface area contributed by atoms with Crippen molar-refractivity contribution < 1.29 is 19.4 Å². The van der Waals surface area contributed by atoms with Gasteiger partial charge in [-0.2, -0.15) is 4.98 Å². The largest absolute Gasteiger partial charge is 0.434 e. The molecule has 0 unspecified atom stereocenters. The number of nitrogens with zero attached hydrogens (tertiary/aromatic N) is 4. The molecule has 1 amide bonds. The van der Waals surface area contributed by atoms with E-state index in [9.17, 15) is 25.0 Å². The zero-order valence-electron chi connectivity index (χ0n) is 16.0. The first-order valence-corrected chi connectivity index (χ1v) is 9.36. The van der Waals surface area contributed by atoms with E-state index in [4.69, 9.17) is 27.9 Å². The van der Waals surface area contributed by atoms with Gasteiger partial charge < -0.3 is 4.74 Å². The zero-order valence-corrected chi connectivity index (χ0v) is 17.5. The van der Waals surface area contributed by atoms with Crippen LogP contribution >= 0.6 is 23.2 Å². The molecule has 0 aliphatic heterocycles. The fourth-order valence-electron chi connectivity index (χ4n) is 2.47. The number of hydrogen-bond donors (Lipinski definition) is 2. The minimum Gasteiger partial charge on any atom is -0.434 e. The molecule has 1 aromatic heterocycles. The van der Waals surface area contributed by atoms with Crippen LogP contribution < -0.4 is 15.6 Å². The summed E-state index contributed by atoms with van der Waals surface area (Å²) in [7, 11) is 0. The molecular formula is C18H12Cl2N6O6. The third-order valence-electron chi connectivity index (χ3n) is 4.01. The summed E-state index contributed by atoms with van der Waals surface area (Å²) in [6.07, 6.45) is 0.993. The molecule has 0 radical (unpaired) electrons. The number of nitro benzene ring substituents is 1. The predicted molar refractivity (Wildman–Crippen MR) is 114 cm³/mol. The number of hydrazine groups is 1. The molecule has 3 rings (SSSR count). The molecule has 2 aromatic carbocycles. The number of halogens is 2. The molecule has 32 heavy (non-hydrogen) atoms. The third-order valence-corrected chi connectivity index (χ3v) is 4.76. The van der Waals surface area contributed by atoms with Gasteiger partial charge in [-0.25, -0.2) is 4.98 Å². The zero-order chi connectivity index (χ0) is 23.4. The third kappa shape index (κ3) is 4.99. The summed E-state index contributed by atoms with van der Waals surface area (Å²) in [5.74, 6) is -1.33. The normalized spacial score (nSPS) is 10.3. The number of carbonyl (C=O) groups excluding carboxylic acids is 1. The maximum atomic E-state index is 12.3. The quantitative estimate of drug-likeness (QED) is 0.368. The highest BCUT2D eigenvalue weighted by atomic mass is 35.5. The fourth-order valence-corrected chi connectivity index (χ4v) is 2.77. The fraction of sp³-hybridized carbons (Fsp3) is 0.0556. The van der Waals surface area contributed by atoms with Gasteiger partial charge in [-0.05, 0) is 42.8 Å². The molecular weight excluding hydrogens is 467 g/mol. The van der Waals surface area contributed by atoms with Gasteiger partial charge in [-0.3, -0.25) is 35.9 Å². The van der Waals surface area contributed by atoms with E-state index < -0.39 is 27.1 Å². The van der Waals surface area contributed by atoms with Crippen molar-refractivity contribution in [3.05, 3.63) is 84.1 Å². The average molecular weight is 479 g/mol. The Morgan fingerprint density at radius 2 is 1.75 bits per heavy atom. The summed E-state index contributed by atoms with van der Waals surface area (Å²) >= 11 is 11.7. The number of aromatic nitrogens is 2. The van der Waals surface area contributed by atoms with Crippen LogP contribution in [0.25, 0.3) is 0 Å². The van der Waals surface area contributed by atoms with Crippen molar-refractivity contribution in [2.24, 2.45) is 0 Å². The Labute approximate surface area is 189 Å². The van der Waals surface area contributed by atoms with Crippen LogP contribution in [0.4, 0.5) is 17.2 Å². The lowest BCUT2D eigenvalue weighted by Gasteiger charge is -2.11. The number of carbonyl (C=O) groups is 1. The van der Waals surface area contributed by atoms with Crippen LogP contribution in [-0.4, -0.2) is 25.7 Å². The van der Waals surface area contributed by atoms with E-state index in [0.29, 0.717) is 10.6 Å². The van der Waals surface area contributed by atoms with Crippen LogP contribution in [0.3, 0.4) is 0 Å². The van der Waals surface area contributed by atoms with E-state index in [2.05, 4.69) is 20.8 Å². The van der Waals surface area contributed by atoms with Gasteiger partial charge in [-0.15, -0.1) is 0 Å². The summed E-state index contributed by atoms with van der Waals surface area (Å²) in [6.45, 7) is 1.73. The Balaban J connectivity index is 1.84. The van der Waals surface area contributed by atoms with Crippen molar-refractivity contribution >= 4 is 46.3 Å². The molecule has 3 aromatic rings. The Morgan fingerprint density at radius 3 is 2.41 bits per heavy atom. The van der Waals surface area contributed by atoms with Gasteiger partial charge in [0.2, 0.25) is 5.82 Å². The highest BCUT2D eigenvalue weighted by molar-refractivity contribution is 6.32. The van der Waals surface area contributed by atoms with Gasteiger partial charge in [0.25, 0.3) is 11.6 Å². The minimum atomic E-state index is -0.825. The van der Waals surface area contributed by atoms with Gasteiger partial charge in [-0.1, -0.05) is 23.2 Å². The van der Waals surface area contributed by atoms with Crippen molar-refractivity contribution in [1.29, 1.82) is 0 Å². The number of anilines is 1. The average Bonchev–Trinajstić information content (AvgIpc) is 2.74. The Bertz CT molecular complexity index is 1240. The van der Waals surface area contributed by atoms with Crippen LogP contribution in [0.2, 0.25) is 10.0 Å². The van der Waals surface area contributed by atoms with Crippen molar-refractivity contribution in [3.8, 4) is 11.6 Å². The lowest BCUT2D eigenvalue weighted by Crippen LogP contribution is -2.30. The number of benzene rings is 2. The van der Waals surface area contributed by atoms with E-state index in [-0.39, 0.29) is 28.0 Å². The van der Waals surface area contributed by atoms with Crippen LogP contribution in [0.1, 0.15) is 15.9 Å². The summed E-state index contributed by atoms with van der Waals surface area (Å²) in [6, 6.07) is 8.02. The van der Waals surface area contributed by atoms with Crippen LogP contribution in [0.5, 0.6) is 11.6 Å². The van der Waals surface area contributed by atoms with Crippen molar-refractivity contribution in [1.82, 2.24) is 15.4 Å². The highest BCUT2D eigenvalue weighted by Crippen LogP contribution is 2.34. The summed E-state index contributed by atoms with van der Waals surface area (Å²) in [5, 5.41) is 22.9. The highest BCUT2D eigenvalue weighted by Gasteiger charge is 2.26. The van der Waals surface area contributed by atoms with Gasteiger partial charge in [0.1, 0.15) is 17.1 Å². The van der Waals surface area contributed by atoms with E-state index in [1.54, 1.807) is 19.1 Å². The monoisotopic (exact) mass is 478 g/mol. The lowest BCUT2D eigenvalue weighted by molar-refractivity contribution is -0.385. The Kier molecular flexibility index (Phi) is 6.66. The first-order chi connectivity index (χ1) is 15.2. The summed E-state index contributed by atoms with van der Waals surface area (Å²) in [4.78, 5) is 40.9.